The topological polar surface area (TPSA) is 21.3 Å². The Morgan fingerprint density at radius 3 is 2.80 bits per heavy atom. The number of hydrogen-bond donors (Lipinski definition) is 1. The van der Waals surface area contributed by atoms with Crippen LogP contribution in [0.2, 0.25) is 0 Å². The Bertz CT molecular complexity index is 305. The first-order valence-electron chi connectivity index (χ1n) is 4.89. The normalized spacial score (nSPS) is 10.3. The average molecular weight is 215 g/mol. The molecule has 0 spiro atoms. The van der Waals surface area contributed by atoms with Gasteiger partial charge in [0.1, 0.15) is 0 Å². The summed E-state index contributed by atoms with van der Waals surface area (Å²) >= 11 is 0. The molecule has 2 nitrogen and oxygen atoms in total. The molecule has 0 heterocycles. The molecule has 0 atom stereocenters. The summed E-state index contributed by atoms with van der Waals surface area (Å²) in [6, 6.07) is 4.77. The van der Waals surface area contributed by atoms with E-state index in [0.29, 0.717) is 6.54 Å². The summed E-state index contributed by atoms with van der Waals surface area (Å²) in [6.07, 6.45) is 0.289. The van der Waals surface area contributed by atoms with Gasteiger partial charge in [-0.3, -0.25) is 4.39 Å². The van der Waals surface area contributed by atoms with Crippen molar-refractivity contribution in [3.8, 4) is 5.75 Å². The van der Waals surface area contributed by atoms with Gasteiger partial charge in [0.25, 0.3) is 0 Å². The minimum atomic E-state index is -0.445. The predicted molar refractivity (Wildman–Crippen MR) is 55.3 cm³/mol. The van der Waals surface area contributed by atoms with E-state index in [0.717, 1.165) is 5.56 Å². The first-order valence-corrected chi connectivity index (χ1v) is 4.89. The lowest BCUT2D eigenvalue weighted by Gasteiger charge is -2.07. The van der Waals surface area contributed by atoms with Gasteiger partial charge in [-0.2, -0.15) is 0 Å². The van der Waals surface area contributed by atoms with Crippen LogP contribution in [0.15, 0.2) is 18.2 Å². The number of hydrogen-bond acceptors (Lipinski definition) is 2. The van der Waals surface area contributed by atoms with Gasteiger partial charge in [0.05, 0.1) is 13.3 Å². The molecular formula is C11H15F2NO. The Labute approximate surface area is 88.3 Å². The zero-order valence-electron chi connectivity index (χ0n) is 8.72. The van der Waals surface area contributed by atoms with Crippen LogP contribution < -0.4 is 10.1 Å². The summed E-state index contributed by atoms with van der Waals surface area (Å²) in [5.41, 5.74) is 0.854. The molecular weight excluding hydrogens is 200 g/mol. The Morgan fingerprint density at radius 1 is 1.40 bits per heavy atom. The van der Waals surface area contributed by atoms with Crippen molar-refractivity contribution in [3.63, 3.8) is 0 Å². The van der Waals surface area contributed by atoms with Crippen LogP contribution >= 0.6 is 0 Å². The van der Waals surface area contributed by atoms with E-state index in [1.54, 1.807) is 19.2 Å². The van der Waals surface area contributed by atoms with Gasteiger partial charge >= 0.3 is 0 Å². The van der Waals surface area contributed by atoms with Crippen molar-refractivity contribution < 1.29 is 13.5 Å². The molecule has 84 valence electrons. The molecule has 1 aromatic rings. The van der Waals surface area contributed by atoms with Crippen LogP contribution in [0.5, 0.6) is 5.75 Å². The molecule has 1 rings (SSSR count). The molecule has 0 unspecified atom stereocenters. The second kappa shape index (κ2) is 6.35. The standard InChI is InChI=1S/C11H15F2NO/c1-14-8-9-3-4-11(10(13)7-9)15-6-2-5-12/h3-4,7,14H,2,5-6,8H2,1H3. The van der Waals surface area contributed by atoms with E-state index in [4.69, 9.17) is 4.74 Å². The second-order valence-electron chi connectivity index (χ2n) is 3.19. The zero-order chi connectivity index (χ0) is 11.1. The molecule has 0 aliphatic carbocycles. The molecule has 0 aromatic heterocycles. The van der Waals surface area contributed by atoms with E-state index in [9.17, 15) is 8.78 Å². The van der Waals surface area contributed by atoms with E-state index < -0.39 is 12.5 Å². The largest absolute Gasteiger partial charge is 0.490 e. The minimum absolute atomic E-state index is 0.184. The Morgan fingerprint density at radius 2 is 2.20 bits per heavy atom. The van der Waals surface area contributed by atoms with Gasteiger partial charge in [-0.1, -0.05) is 6.07 Å². The van der Waals surface area contributed by atoms with Crippen LogP contribution in [0.4, 0.5) is 8.78 Å². The van der Waals surface area contributed by atoms with Gasteiger partial charge in [-0.15, -0.1) is 0 Å². The zero-order valence-corrected chi connectivity index (χ0v) is 8.72. The summed E-state index contributed by atoms with van der Waals surface area (Å²) in [7, 11) is 1.80. The quantitative estimate of drug-likeness (QED) is 0.735. The van der Waals surface area contributed by atoms with E-state index >= 15 is 0 Å². The van der Waals surface area contributed by atoms with Crippen molar-refractivity contribution in [2.45, 2.75) is 13.0 Å². The molecule has 0 amide bonds. The van der Waals surface area contributed by atoms with Crippen LogP contribution in [0.1, 0.15) is 12.0 Å². The van der Waals surface area contributed by atoms with Crippen LogP contribution in [0.25, 0.3) is 0 Å². The summed E-state index contributed by atoms with van der Waals surface area (Å²) in [6.45, 7) is 0.375. The van der Waals surface area contributed by atoms with Gasteiger partial charge < -0.3 is 10.1 Å². The molecule has 0 radical (unpaired) electrons. The Hall–Kier alpha value is -1.16. The first-order chi connectivity index (χ1) is 7.27. The fourth-order valence-corrected chi connectivity index (χ4v) is 1.21. The van der Waals surface area contributed by atoms with Gasteiger partial charge in [-0.25, -0.2) is 4.39 Å². The maximum Gasteiger partial charge on any atom is 0.165 e. The molecule has 0 saturated carbocycles. The highest BCUT2D eigenvalue weighted by atomic mass is 19.1. The lowest BCUT2D eigenvalue weighted by molar-refractivity contribution is 0.277. The highest BCUT2D eigenvalue weighted by Crippen LogP contribution is 2.18. The van der Waals surface area contributed by atoms with Crippen molar-refractivity contribution in [1.82, 2.24) is 5.32 Å². The summed E-state index contributed by atoms with van der Waals surface area (Å²) in [5.74, 6) is -0.218. The number of rotatable bonds is 6. The first kappa shape index (κ1) is 11.9. The van der Waals surface area contributed by atoms with Crippen molar-refractivity contribution >= 4 is 0 Å². The number of benzene rings is 1. The lowest BCUT2D eigenvalue weighted by atomic mass is 10.2. The second-order valence-corrected chi connectivity index (χ2v) is 3.19. The number of nitrogens with one attached hydrogen (secondary N) is 1. The van der Waals surface area contributed by atoms with Gasteiger partial charge in [0.2, 0.25) is 0 Å². The van der Waals surface area contributed by atoms with Crippen molar-refractivity contribution in [2.24, 2.45) is 0 Å². The summed E-state index contributed by atoms with van der Waals surface area (Å²) in [5, 5.41) is 2.93. The van der Waals surface area contributed by atoms with Gasteiger partial charge in [0.15, 0.2) is 11.6 Å². The van der Waals surface area contributed by atoms with Gasteiger partial charge in [-0.05, 0) is 24.7 Å². The minimum Gasteiger partial charge on any atom is -0.490 e. The Balaban J connectivity index is 2.58. The van der Waals surface area contributed by atoms with Crippen LogP contribution in [0.3, 0.4) is 0 Å². The number of halogens is 2. The van der Waals surface area contributed by atoms with Gasteiger partial charge in [0, 0.05) is 13.0 Å². The highest BCUT2D eigenvalue weighted by Gasteiger charge is 2.04. The number of ether oxygens (including phenoxy) is 1. The van der Waals surface area contributed by atoms with Crippen molar-refractivity contribution in [2.75, 3.05) is 20.3 Å². The third-order valence-electron chi connectivity index (χ3n) is 1.91. The molecule has 0 bridgehead atoms. The molecule has 15 heavy (non-hydrogen) atoms. The third kappa shape index (κ3) is 3.83. The SMILES string of the molecule is CNCc1ccc(OCCCF)c(F)c1. The van der Waals surface area contributed by atoms with Crippen LogP contribution in [0, 0.1) is 5.82 Å². The number of alkyl halides is 1. The maximum atomic E-state index is 13.4. The lowest BCUT2D eigenvalue weighted by Crippen LogP contribution is -2.06. The van der Waals surface area contributed by atoms with E-state index in [1.807, 2.05) is 0 Å². The average Bonchev–Trinajstić information content (AvgIpc) is 2.22. The van der Waals surface area contributed by atoms with Crippen LogP contribution in [-0.2, 0) is 6.54 Å². The molecule has 0 aliphatic rings. The molecule has 4 heteroatoms. The molecule has 0 fully saturated rings. The van der Waals surface area contributed by atoms with E-state index in [1.165, 1.54) is 6.07 Å². The fourth-order valence-electron chi connectivity index (χ4n) is 1.21. The molecule has 1 aromatic carbocycles. The maximum absolute atomic E-state index is 13.4. The molecule has 0 aliphatic heterocycles. The smallest absolute Gasteiger partial charge is 0.165 e. The van der Waals surface area contributed by atoms with E-state index in [-0.39, 0.29) is 18.8 Å². The van der Waals surface area contributed by atoms with Crippen LogP contribution in [-0.4, -0.2) is 20.3 Å². The summed E-state index contributed by atoms with van der Waals surface area (Å²) in [4.78, 5) is 0. The summed E-state index contributed by atoms with van der Waals surface area (Å²) < 4.78 is 30.2. The fraction of sp³-hybridized carbons (Fsp3) is 0.455. The Kier molecular flexibility index (Phi) is 5.04. The predicted octanol–water partition coefficient (Wildman–Crippen LogP) is 2.28. The highest BCUT2D eigenvalue weighted by molar-refractivity contribution is 5.29. The molecule has 0 saturated heterocycles. The van der Waals surface area contributed by atoms with E-state index in [2.05, 4.69) is 5.32 Å². The van der Waals surface area contributed by atoms with Crippen molar-refractivity contribution in [3.05, 3.63) is 29.6 Å². The van der Waals surface area contributed by atoms with Crippen molar-refractivity contribution in [1.29, 1.82) is 0 Å². The third-order valence-corrected chi connectivity index (χ3v) is 1.91. The molecule has 1 N–H and O–H groups in total. The monoisotopic (exact) mass is 215 g/mol.